The van der Waals surface area contributed by atoms with E-state index in [4.69, 9.17) is 0 Å². The normalized spacial score (nSPS) is 11.8. The molecule has 23 heavy (non-hydrogen) atoms. The number of hydrogen-bond acceptors (Lipinski definition) is 2. The number of aliphatic hydroxyl groups is 1. The highest BCUT2D eigenvalue weighted by molar-refractivity contribution is 5.88. The third-order valence-corrected chi connectivity index (χ3v) is 4.88. The monoisotopic (exact) mass is 320 g/mol. The van der Waals surface area contributed by atoms with Crippen molar-refractivity contribution in [2.75, 3.05) is 13.2 Å². The second-order valence-electron chi connectivity index (χ2n) is 6.14. The standard InChI is InChI=1S/C18H25FN2O2/c1-3-18(4-2,7-8-22)12-21-17(23)9-13-11-20-16-6-5-14(19)10-15(13)16/h5-6,10-11,20,22H,3-4,7-9,12H2,1-2H3,(H,21,23). The number of carbonyl (C=O) groups excluding carboxylic acids is 1. The highest BCUT2D eigenvalue weighted by atomic mass is 19.1. The maximum absolute atomic E-state index is 13.4. The van der Waals surface area contributed by atoms with E-state index in [-0.39, 0.29) is 30.2 Å². The lowest BCUT2D eigenvalue weighted by molar-refractivity contribution is -0.121. The van der Waals surface area contributed by atoms with Crippen molar-refractivity contribution in [2.45, 2.75) is 39.5 Å². The molecule has 1 amide bonds. The maximum atomic E-state index is 13.4. The van der Waals surface area contributed by atoms with Crippen LogP contribution in [0.3, 0.4) is 0 Å². The Hall–Kier alpha value is -1.88. The first-order chi connectivity index (χ1) is 11.0. The van der Waals surface area contributed by atoms with Crippen molar-refractivity contribution in [1.29, 1.82) is 0 Å². The number of H-pyrrole nitrogens is 1. The number of nitrogens with one attached hydrogen (secondary N) is 2. The molecular weight excluding hydrogens is 295 g/mol. The number of benzene rings is 1. The van der Waals surface area contributed by atoms with Gasteiger partial charge in [-0.15, -0.1) is 0 Å². The van der Waals surface area contributed by atoms with Crippen LogP contribution in [0, 0.1) is 11.2 Å². The van der Waals surface area contributed by atoms with E-state index >= 15 is 0 Å². The van der Waals surface area contributed by atoms with Crippen molar-refractivity contribution in [2.24, 2.45) is 5.41 Å². The number of carbonyl (C=O) groups is 1. The second kappa shape index (κ2) is 7.59. The van der Waals surface area contributed by atoms with E-state index in [9.17, 15) is 14.3 Å². The molecule has 0 bridgehead atoms. The third-order valence-electron chi connectivity index (χ3n) is 4.88. The van der Waals surface area contributed by atoms with Crippen molar-refractivity contribution in [3.8, 4) is 0 Å². The van der Waals surface area contributed by atoms with E-state index in [2.05, 4.69) is 24.1 Å². The average molecular weight is 320 g/mol. The van der Waals surface area contributed by atoms with Crippen LogP contribution in [0.4, 0.5) is 4.39 Å². The van der Waals surface area contributed by atoms with Gasteiger partial charge < -0.3 is 15.4 Å². The Morgan fingerprint density at radius 2 is 2.09 bits per heavy atom. The van der Waals surface area contributed by atoms with Gasteiger partial charge in [0.25, 0.3) is 0 Å². The topological polar surface area (TPSA) is 65.1 Å². The summed E-state index contributed by atoms with van der Waals surface area (Å²) >= 11 is 0. The number of aromatic nitrogens is 1. The van der Waals surface area contributed by atoms with Crippen LogP contribution in [0.5, 0.6) is 0 Å². The van der Waals surface area contributed by atoms with Gasteiger partial charge in [-0.1, -0.05) is 13.8 Å². The summed E-state index contributed by atoms with van der Waals surface area (Å²) in [5, 5.41) is 12.9. The van der Waals surface area contributed by atoms with Crippen molar-refractivity contribution in [1.82, 2.24) is 10.3 Å². The molecule has 0 aliphatic carbocycles. The van der Waals surface area contributed by atoms with E-state index in [1.54, 1.807) is 12.3 Å². The molecule has 0 saturated heterocycles. The summed E-state index contributed by atoms with van der Waals surface area (Å²) in [6.45, 7) is 4.83. The average Bonchev–Trinajstić information content (AvgIpc) is 2.94. The molecule has 1 aromatic heterocycles. The molecule has 2 rings (SSSR count). The summed E-state index contributed by atoms with van der Waals surface area (Å²) in [6, 6.07) is 4.52. The van der Waals surface area contributed by atoms with Crippen molar-refractivity contribution in [3.63, 3.8) is 0 Å². The summed E-state index contributed by atoms with van der Waals surface area (Å²) in [6.07, 6.45) is 4.46. The molecule has 0 atom stereocenters. The summed E-state index contributed by atoms with van der Waals surface area (Å²) in [7, 11) is 0. The zero-order valence-electron chi connectivity index (χ0n) is 13.8. The van der Waals surface area contributed by atoms with Crippen LogP contribution in [0.2, 0.25) is 0 Å². The molecule has 0 radical (unpaired) electrons. The number of fused-ring (bicyclic) bond motifs is 1. The first-order valence-electron chi connectivity index (χ1n) is 8.16. The van der Waals surface area contributed by atoms with E-state index in [1.165, 1.54) is 12.1 Å². The van der Waals surface area contributed by atoms with Crippen molar-refractivity contribution in [3.05, 3.63) is 35.8 Å². The van der Waals surface area contributed by atoms with E-state index in [0.717, 1.165) is 29.3 Å². The molecule has 1 heterocycles. The minimum atomic E-state index is -0.308. The Morgan fingerprint density at radius 1 is 1.35 bits per heavy atom. The predicted octanol–water partition coefficient (Wildman–Crippen LogP) is 3.15. The Balaban J connectivity index is 2.02. The van der Waals surface area contributed by atoms with Gasteiger partial charge >= 0.3 is 0 Å². The largest absolute Gasteiger partial charge is 0.396 e. The van der Waals surface area contributed by atoms with Gasteiger partial charge in [0.1, 0.15) is 5.82 Å². The number of halogens is 1. The highest BCUT2D eigenvalue weighted by Crippen LogP contribution is 2.29. The SMILES string of the molecule is CCC(CC)(CCO)CNC(=O)Cc1c[nH]c2ccc(F)cc12. The fourth-order valence-electron chi connectivity index (χ4n) is 3.00. The van der Waals surface area contributed by atoms with Crippen LogP contribution in [0.1, 0.15) is 38.7 Å². The summed E-state index contributed by atoms with van der Waals surface area (Å²) in [4.78, 5) is 15.3. The lowest BCUT2D eigenvalue weighted by Gasteiger charge is -2.31. The Bertz CT molecular complexity index is 662. The van der Waals surface area contributed by atoms with Gasteiger partial charge in [-0.2, -0.15) is 0 Å². The van der Waals surface area contributed by atoms with Crippen molar-refractivity contribution < 1.29 is 14.3 Å². The molecule has 0 saturated carbocycles. The zero-order chi connectivity index (χ0) is 16.9. The predicted molar refractivity (Wildman–Crippen MR) is 89.7 cm³/mol. The summed E-state index contributed by atoms with van der Waals surface area (Å²) in [5.74, 6) is -0.392. The first kappa shape index (κ1) is 17.5. The van der Waals surface area contributed by atoms with E-state index in [1.807, 2.05) is 0 Å². The van der Waals surface area contributed by atoms with Crippen LogP contribution in [-0.2, 0) is 11.2 Å². The maximum Gasteiger partial charge on any atom is 0.224 e. The number of rotatable bonds is 8. The van der Waals surface area contributed by atoms with Crippen LogP contribution < -0.4 is 5.32 Å². The van der Waals surface area contributed by atoms with Crippen LogP contribution >= 0.6 is 0 Å². The molecule has 5 heteroatoms. The van der Waals surface area contributed by atoms with Crippen LogP contribution in [-0.4, -0.2) is 29.1 Å². The Labute approximate surface area is 136 Å². The van der Waals surface area contributed by atoms with Crippen molar-refractivity contribution >= 4 is 16.8 Å². The van der Waals surface area contributed by atoms with Gasteiger partial charge in [0.2, 0.25) is 5.91 Å². The van der Waals surface area contributed by atoms with Gasteiger partial charge in [-0.3, -0.25) is 4.79 Å². The summed E-state index contributed by atoms with van der Waals surface area (Å²) in [5.41, 5.74) is 1.56. The Morgan fingerprint density at radius 3 is 2.74 bits per heavy atom. The molecule has 0 unspecified atom stereocenters. The fraction of sp³-hybridized carbons (Fsp3) is 0.500. The number of hydrogen-bond donors (Lipinski definition) is 3. The molecule has 126 valence electrons. The van der Waals surface area contributed by atoms with Gasteiger partial charge in [0.15, 0.2) is 0 Å². The molecule has 0 fully saturated rings. The molecule has 0 aliphatic rings. The summed E-state index contributed by atoms with van der Waals surface area (Å²) < 4.78 is 13.4. The molecule has 0 spiro atoms. The van der Waals surface area contributed by atoms with Gasteiger partial charge in [-0.25, -0.2) is 4.39 Å². The number of amides is 1. The second-order valence-corrected chi connectivity index (χ2v) is 6.14. The van der Waals surface area contributed by atoms with Gasteiger partial charge in [0, 0.05) is 30.3 Å². The van der Waals surface area contributed by atoms with Crippen LogP contribution in [0.25, 0.3) is 10.9 Å². The van der Waals surface area contributed by atoms with Gasteiger partial charge in [0.05, 0.1) is 6.42 Å². The quantitative estimate of drug-likeness (QED) is 0.699. The van der Waals surface area contributed by atoms with Crippen LogP contribution in [0.15, 0.2) is 24.4 Å². The molecule has 1 aromatic carbocycles. The first-order valence-corrected chi connectivity index (χ1v) is 8.16. The molecule has 2 aromatic rings. The minimum absolute atomic E-state index is 0.0588. The van der Waals surface area contributed by atoms with E-state index in [0.29, 0.717) is 13.0 Å². The molecule has 0 aliphatic heterocycles. The zero-order valence-corrected chi connectivity index (χ0v) is 13.8. The van der Waals surface area contributed by atoms with E-state index < -0.39 is 0 Å². The smallest absolute Gasteiger partial charge is 0.224 e. The third kappa shape index (κ3) is 4.10. The Kier molecular flexibility index (Phi) is 5.77. The highest BCUT2D eigenvalue weighted by Gasteiger charge is 2.26. The van der Waals surface area contributed by atoms with Gasteiger partial charge in [-0.05, 0) is 48.4 Å². The number of aliphatic hydroxyl groups excluding tert-OH is 1. The molecule has 4 nitrogen and oxygen atoms in total. The fourth-order valence-corrected chi connectivity index (χ4v) is 3.00. The number of aromatic amines is 1. The lowest BCUT2D eigenvalue weighted by atomic mass is 9.79. The molecular formula is C18H25FN2O2. The molecule has 3 N–H and O–H groups in total. The minimum Gasteiger partial charge on any atom is -0.396 e. The lowest BCUT2D eigenvalue weighted by Crippen LogP contribution is -2.38.